The Morgan fingerprint density at radius 1 is 1.35 bits per heavy atom. The molecule has 1 aliphatic rings. The lowest BCUT2D eigenvalue weighted by Gasteiger charge is -2.34. The highest BCUT2D eigenvalue weighted by Gasteiger charge is 2.24. The summed E-state index contributed by atoms with van der Waals surface area (Å²) in [5, 5.41) is 9.93. The van der Waals surface area contributed by atoms with Crippen LogP contribution in [-0.4, -0.2) is 36.8 Å². The zero-order valence-corrected chi connectivity index (χ0v) is 12.9. The van der Waals surface area contributed by atoms with Crippen molar-refractivity contribution in [2.24, 2.45) is 11.8 Å². The van der Waals surface area contributed by atoms with E-state index in [1.165, 1.54) is 18.4 Å². The summed E-state index contributed by atoms with van der Waals surface area (Å²) in [4.78, 5) is 2.45. The van der Waals surface area contributed by atoms with Crippen LogP contribution in [0.3, 0.4) is 0 Å². The predicted octanol–water partition coefficient (Wildman–Crippen LogP) is 3.20. The van der Waals surface area contributed by atoms with E-state index in [2.05, 4.69) is 24.8 Å². The van der Waals surface area contributed by atoms with Crippen LogP contribution in [0, 0.1) is 18.8 Å². The van der Waals surface area contributed by atoms with E-state index in [1.54, 1.807) is 13.2 Å². The largest absolute Gasteiger partial charge is 0.508 e. The molecule has 1 aromatic rings. The van der Waals surface area contributed by atoms with Gasteiger partial charge < -0.3 is 9.84 Å². The van der Waals surface area contributed by atoms with E-state index in [1.807, 2.05) is 6.07 Å². The predicted molar refractivity (Wildman–Crippen MR) is 81.9 cm³/mol. The van der Waals surface area contributed by atoms with Crippen LogP contribution in [0.1, 0.15) is 30.9 Å². The number of benzene rings is 1. The number of nitrogens with zero attached hydrogens (tertiary/aromatic N) is 1. The van der Waals surface area contributed by atoms with Gasteiger partial charge in [-0.15, -0.1) is 0 Å². The fraction of sp³-hybridized carbons (Fsp3) is 0.647. The Bertz CT molecular complexity index is 425. The Labute approximate surface area is 122 Å². The minimum absolute atomic E-state index is 0.422. The second-order valence-electron chi connectivity index (χ2n) is 6.18. The van der Waals surface area contributed by atoms with Gasteiger partial charge in [-0.25, -0.2) is 0 Å². The maximum Gasteiger partial charge on any atom is 0.120 e. The van der Waals surface area contributed by atoms with E-state index in [4.69, 9.17) is 4.74 Å². The van der Waals surface area contributed by atoms with E-state index in [-0.39, 0.29) is 0 Å². The molecule has 112 valence electrons. The van der Waals surface area contributed by atoms with Gasteiger partial charge in [-0.2, -0.15) is 0 Å². The minimum Gasteiger partial charge on any atom is -0.508 e. The first kappa shape index (κ1) is 15.3. The molecule has 1 unspecified atom stereocenters. The number of aromatic hydroxyl groups is 1. The van der Waals surface area contributed by atoms with Crippen molar-refractivity contribution >= 4 is 0 Å². The normalized spacial score (nSPS) is 19.1. The molecule has 3 heteroatoms. The maximum atomic E-state index is 9.93. The number of aryl methyl sites for hydroxylation is 1. The number of likely N-dealkylation sites (tertiary alicyclic amines) is 1. The summed E-state index contributed by atoms with van der Waals surface area (Å²) in [7, 11) is 1.78. The number of rotatable bonds is 5. The molecule has 1 fully saturated rings. The van der Waals surface area contributed by atoms with Gasteiger partial charge in [0.2, 0.25) is 0 Å². The standard InChI is InChI=1S/C17H27NO2/c1-13-4-5-17(19)16(10-13)11-18-8-6-15(7-9-18)14(2)12-20-3/h4-5,10,14-15,19H,6-9,11-12H2,1-3H3. The molecule has 0 radical (unpaired) electrons. The first-order chi connectivity index (χ1) is 9.60. The van der Waals surface area contributed by atoms with Crippen LogP contribution in [0.25, 0.3) is 0 Å². The molecule has 2 rings (SSSR count). The Morgan fingerprint density at radius 2 is 2.05 bits per heavy atom. The average Bonchev–Trinajstić information content (AvgIpc) is 2.44. The van der Waals surface area contributed by atoms with Gasteiger partial charge in [0.1, 0.15) is 5.75 Å². The van der Waals surface area contributed by atoms with Gasteiger partial charge in [0, 0.05) is 25.8 Å². The summed E-state index contributed by atoms with van der Waals surface area (Å²) in [6.45, 7) is 8.32. The zero-order valence-electron chi connectivity index (χ0n) is 12.9. The molecule has 20 heavy (non-hydrogen) atoms. The number of ether oxygens (including phenoxy) is 1. The molecule has 0 aromatic heterocycles. The average molecular weight is 277 g/mol. The van der Waals surface area contributed by atoms with E-state index >= 15 is 0 Å². The van der Waals surface area contributed by atoms with Gasteiger partial charge in [-0.05, 0) is 50.8 Å². The van der Waals surface area contributed by atoms with Crippen molar-refractivity contribution in [1.82, 2.24) is 4.90 Å². The second kappa shape index (κ2) is 7.09. The van der Waals surface area contributed by atoms with E-state index in [0.717, 1.165) is 37.7 Å². The first-order valence-electron chi connectivity index (χ1n) is 7.60. The van der Waals surface area contributed by atoms with Crippen molar-refractivity contribution in [2.75, 3.05) is 26.8 Å². The van der Waals surface area contributed by atoms with Crippen LogP contribution in [0.15, 0.2) is 18.2 Å². The van der Waals surface area contributed by atoms with Crippen LogP contribution >= 0.6 is 0 Å². The summed E-state index contributed by atoms with van der Waals surface area (Å²) in [6, 6.07) is 5.85. The number of phenolic OH excluding ortho intramolecular Hbond substituents is 1. The molecule has 3 nitrogen and oxygen atoms in total. The summed E-state index contributed by atoms with van der Waals surface area (Å²) in [6.07, 6.45) is 2.47. The quantitative estimate of drug-likeness (QED) is 0.897. The van der Waals surface area contributed by atoms with Crippen LogP contribution < -0.4 is 0 Å². The highest BCUT2D eigenvalue weighted by Crippen LogP contribution is 2.27. The highest BCUT2D eigenvalue weighted by molar-refractivity contribution is 5.35. The molecule has 0 spiro atoms. The molecular weight excluding hydrogens is 250 g/mol. The number of piperidine rings is 1. The summed E-state index contributed by atoms with van der Waals surface area (Å²) in [5.74, 6) is 1.84. The third-order valence-corrected chi connectivity index (χ3v) is 4.50. The Morgan fingerprint density at radius 3 is 2.70 bits per heavy atom. The lowest BCUT2D eigenvalue weighted by atomic mass is 9.86. The SMILES string of the molecule is COCC(C)C1CCN(Cc2cc(C)ccc2O)CC1. The van der Waals surface area contributed by atoms with Crippen molar-refractivity contribution in [2.45, 2.75) is 33.2 Å². The summed E-state index contributed by atoms with van der Waals surface area (Å²) >= 11 is 0. The molecule has 0 aliphatic carbocycles. The molecule has 0 saturated carbocycles. The van der Waals surface area contributed by atoms with E-state index in [0.29, 0.717) is 11.7 Å². The first-order valence-corrected chi connectivity index (χ1v) is 7.60. The molecular formula is C17H27NO2. The summed E-state index contributed by atoms with van der Waals surface area (Å²) < 4.78 is 5.26. The van der Waals surface area contributed by atoms with Crippen molar-refractivity contribution in [3.63, 3.8) is 0 Å². The number of hydrogen-bond donors (Lipinski definition) is 1. The van der Waals surface area contributed by atoms with Crippen molar-refractivity contribution in [1.29, 1.82) is 0 Å². The molecule has 0 amide bonds. The van der Waals surface area contributed by atoms with Crippen LogP contribution in [0.5, 0.6) is 5.75 Å². The Balaban J connectivity index is 1.86. The molecule has 1 saturated heterocycles. The molecule has 0 bridgehead atoms. The third kappa shape index (κ3) is 3.97. The van der Waals surface area contributed by atoms with Crippen LogP contribution in [0.2, 0.25) is 0 Å². The van der Waals surface area contributed by atoms with Gasteiger partial charge in [-0.3, -0.25) is 4.90 Å². The zero-order chi connectivity index (χ0) is 14.5. The highest BCUT2D eigenvalue weighted by atomic mass is 16.5. The maximum absolute atomic E-state index is 9.93. The van der Waals surface area contributed by atoms with E-state index < -0.39 is 0 Å². The molecule has 1 aromatic carbocycles. The fourth-order valence-corrected chi connectivity index (χ4v) is 3.16. The number of hydrogen-bond acceptors (Lipinski definition) is 3. The second-order valence-corrected chi connectivity index (χ2v) is 6.18. The van der Waals surface area contributed by atoms with Gasteiger partial charge in [0.05, 0.1) is 0 Å². The van der Waals surface area contributed by atoms with Crippen LogP contribution in [0.4, 0.5) is 0 Å². The van der Waals surface area contributed by atoms with Crippen LogP contribution in [-0.2, 0) is 11.3 Å². The number of phenols is 1. The van der Waals surface area contributed by atoms with Gasteiger partial charge in [0.15, 0.2) is 0 Å². The lowest BCUT2D eigenvalue weighted by molar-refractivity contribution is 0.0877. The Hall–Kier alpha value is -1.06. The molecule has 1 atom stereocenters. The smallest absolute Gasteiger partial charge is 0.120 e. The molecule has 1 heterocycles. The van der Waals surface area contributed by atoms with Crippen molar-refractivity contribution in [3.05, 3.63) is 29.3 Å². The lowest BCUT2D eigenvalue weighted by Crippen LogP contribution is -2.36. The van der Waals surface area contributed by atoms with Crippen molar-refractivity contribution < 1.29 is 9.84 Å². The van der Waals surface area contributed by atoms with Gasteiger partial charge in [0.25, 0.3) is 0 Å². The Kier molecular flexibility index (Phi) is 5.44. The summed E-state index contributed by atoms with van der Waals surface area (Å²) in [5.41, 5.74) is 2.26. The monoisotopic (exact) mass is 277 g/mol. The van der Waals surface area contributed by atoms with E-state index in [9.17, 15) is 5.11 Å². The number of methoxy groups -OCH3 is 1. The fourth-order valence-electron chi connectivity index (χ4n) is 3.16. The minimum atomic E-state index is 0.422. The van der Waals surface area contributed by atoms with Crippen molar-refractivity contribution in [3.8, 4) is 5.75 Å². The topological polar surface area (TPSA) is 32.7 Å². The molecule has 1 N–H and O–H groups in total. The van der Waals surface area contributed by atoms with Gasteiger partial charge >= 0.3 is 0 Å². The van der Waals surface area contributed by atoms with Gasteiger partial charge in [-0.1, -0.05) is 24.6 Å². The third-order valence-electron chi connectivity index (χ3n) is 4.50. The molecule has 1 aliphatic heterocycles.